The van der Waals surface area contributed by atoms with E-state index in [2.05, 4.69) is 26.5 Å². The van der Waals surface area contributed by atoms with Crippen molar-refractivity contribution in [3.8, 4) is 0 Å². The van der Waals surface area contributed by atoms with Gasteiger partial charge in [0.05, 0.1) is 0 Å². The lowest BCUT2D eigenvalue weighted by atomic mass is 10.2. The zero-order valence-electron chi connectivity index (χ0n) is 13.5. The van der Waals surface area contributed by atoms with Gasteiger partial charge in [-0.3, -0.25) is 4.79 Å². The molecule has 2 aromatic heterocycles. The van der Waals surface area contributed by atoms with Crippen molar-refractivity contribution in [3.05, 3.63) is 41.7 Å². The van der Waals surface area contributed by atoms with Crippen molar-refractivity contribution in [1.82, 2.24) is 15.1 Å². The van der Waals surface area contributed by atoms with Crippen molar-refractivity contribution in [2.45, 2.75) is 39.5 Å². The third-order valence-corrected chi connectivity index (χ3v) is 3.61. The van der Waals surface area contributed by atoms with E-state index in [1.165, 1.54) is 0 Å². The second kappa shape index (κ2) is 6.24. The summed E-state index contributed by atoms with van der Waals surface area (Å²) in [7, 11) is 0. The van der Waals surface area contributed by atoms with Crippen molar-refractivity contribution >= 4 is 22.5 Å². The number of nitrogens with one attached hydrogen (secondary N) is 2. The third-order valence-electron chi connectivity index (χ3n) is 3.61. The lowest BCUT2D eigenvalue weighted by molar-refractivity contribution is -0.116. The van der Waals surface area contributed by atoms with E-state index in [9.17, 15) is 4.79 Å². The Balaban J connectivity index is 1.59. The van der Waals surface area contributed by atoms with Crippen molar-refractivity contribution in [3.63, 3.8) is 0 Å². The fraction of sp³-hybridized carbons (Fsp3) is 0.353. The quantitative estimate of drug-likeness (QED) is 0.754. The number of aromatic nitrogens is 3. The van der Waals surface area contributed by atoms with Gasteiger partial charge in [-0.1, -0.05) is 19.0 Å². The van der Waals surface area contributed by atoms with E-state index in [1.54, 1.807) is 0 Å². The van der Waals surface area contributed by atoms with Gasteiger partial charge in [-0.05, 0) is 31.2 Å². The monoisotopic (exact) mass is 312 g/mol. The predicted octanol–water partition coefficient (Wildman–Crippen LogP) is 3.55. The van der Waals surface area contributed by atoms with Crippen molar-refractivity contribution in [2.24, 2.45) is 0 Å². The number of aryl methyl sites for hydroxylation is 2. The van der Waals surface area contributed by atoms with Crippen LogP contribution in [-0.2, 0) is 11.2 Å². The van der Waals surface area contributed by atoms with Gasteiger partial charge in [0.15, 0.2) is 5.82 Å². The van der Waals surface area contributed by atoms with Crippen LogP contribution in [0, 0.1) is 6.92 Å². The van der Waals surface area contributed by atoms with E-state index < -0.39 is 0 Å². The van der Waals surface area contributed by atoms with Gasteiger partial charge in [-0.15, -0.1) is 0 Å². The minimum Gasteiger partial charge on any atom is -0.359 e. The zero-order chi connectivity index (χ0) is 16.4. The first kappa shape index (κ1) is 15.3. The summed E-state index contributed by atoms with van der Waals surface area (Å²) in [5.74, 6) is 1.33. The minimum absolute atomic E-state index is 0.0686. The van der Waals surface area contributed by atoms with Gasteiger partial charge in [-0.25, -0.2) is 0 Å². The molecule has 2 N–H and O–H groups in total. The molecule has 0 saturated heterocycles. The maximum absolute atomic E-state index is 12.1. The number of hydrogen-bond donors (Lipinski definition) is 2. The van der Waals surface area contributed by atoms with Crippen LogP contribution in [0.1, 0.15) is 43.6 Å². The second-order valence-electron chi connectivity index (χ2n) is 6.00. The summed E-state index contributed by atoms with van der Waals surface area (Å²) in [6.45, 7) is 6.01. The summed E-state index contributed by atoms with van der Waals surface area (Å²) in [5, 5.41) is 7.88. The lowest BCUT2D eigenvalue weighted by Crippen LogP contribution is -2.12. The van der Waals surface area contributed by atoms with Crippen LogP contribution >= 0.6 is 0 Å². The number of aromatic amines is 1. The van der Waals surface area contributed by atoms with Crippen LogP contribution in [0.5, 0.6) is 0 Å². The Hall–Kier alpha value is -2.63. The number of nitrogens with zero attached hydrogens (tertiary/aromatic N) is 2. The van der Waals surface area contributed by atoms with E-state index in [4.69, 9.17) is 4.52 Å². The zero-order valence-corrected chi connectivity index (χ0v) is 13.5. The van der Waals surface area contributed by atoms with Crippen LogP contribution in [0.25, 0.3) is 10.9 Å². The number of hydrogen-bond acceptors (Lipinski definition) is 4. The highest BCUT2D eigenvalue weighted by atomic mass is 16.5. The maximum Gasteiger partial charge on any atom is 0.227 e. The SMILES string of the molecule is Cc1cc2cc(NC(=O)CCc3nc(C(C)C)no3)ccc2[nH]1. The fourth-order valence-electron chi connectivity index (χ4n) is 2.40. The highest BCUT2D eigenvalue weighted by Crippen LogP contribution is 2.20. The summed E-state index contributed by atoms with van der Waals surface area (Å²) in [5.41, 5.74) is 2.95. The molecule has 6 nitrogen and oxygen atoms in total. The Bertz CT molecular complexity index is 832. The van der Waals surface area contributed by atoms with Gasteiger partial charge >= 0.3 is 0 Å². The molecule has 3 aromatic rings. The topological polar surface area (TPSA) is 83.8 Å². The van der Waals surface area contributed by atoms with E-state index in [0.29, 0.717) is 24.6 Å². The van der Waals surface area contributed by atoms with Crippen LogP contribution < -0.4 is 5.32 Å². The van der Waals surface area contributed by atoms with Crippen molar-refractivity contribution < 1.29 is 9.32 Å². The first-order valence-corrected chi connectivity index (χ1v) is 7.73. The number of anilines is 1. The molecule has 1 aromatic carbocycles. The van der Waals surface area contributed by atoms with Gasteiger partial charge < -0.3 is 14.8 Å². The summed E-state index contributed by atoms with van der Waals surface area (Å²) in [6.07, 6.45) is 0.751. The molecule has 1 amide bonds. The Morgan fingerprint density at radius 1 is 1.35 bits per heavy atom. The normalized spacial score (nSPS) is 11.3. The number of H-pyrrole nitrogens is 1. The minimum atomic E-state index is -0.0686. The molecular weight excluding hydrogens is 292 g/mol. The van der Waals surface area contributed by atoms with E-state index in [-0.39, 0.29) is 11.8 Å². The second-order valence-corrected chi connectivity index (χ2v) is 6.00. The van der Waals surface area contributed by atoms with Gasteiger partial charge in [0, 0.05) is 41.0 Å². The predicted molar refractivity (Wildman–Crippen MR) is 88.4 cm³/mol. The molecule has 0 aliphatic carbocycles. The van der Waals surface area contributed by atoms with Gasteiger partial charge in [0.2, 0.25) is 11.8 Å². The van der Waals surface area contributed by atoms with E-state index in [0.717, 1.165) is 22.3 Å². The largest absolute Gasteiger partial charge is 0.359 e. The average molecular weight is 312 g/mol. The molecular formula is C17H20N4O2. The fourth-order valence-corrected chi connectivity index (χ4v) is 2.40. The maximum atomic E-state index is 12.1. The van der Waals surface area contributed by atoms with Crippen LogP contribution in [-0.4, -0.2) is 21.0 Å². The lowest BCUT2D eigenvalue weighted by Gasteiger charge is -2.04. The Morgan fingerprint density at radius 3 is 2.91 bits per heavy atom. The van der Waals surface area contributed by atoms with E-state index in [1.807, 2.05) is 39.0 Å². The summed E-state index contributed by atoms with van der Waals surface area (Å²) in [6, 6.07) is 7.86. The average Bonchev–Trinajstić information content (AvgIpc) is 3.10. The van der Waals surface area contributed by atoms with Crippen molar-refractivity contribution in [1.29, 1.82) is 0 Å². The van der Waals surface area contributed by atoms with Gasteiger partial charge in [0.1, 0.15) is 0 Å². The Kier molecular flexibility index (Phi) is 4.14. The molecule has 0 saturated carbocycles. The molecule has 0 atom stereocenters. The number of fused-ring (bicyclic) bond motifs is 1. The molecule has 23 heavy (non-hydrogen) atoms. The first-order valence-electron chi connectivity index (χ1n) is 7.73. The molecule has 2 heterocycles. The first-order chi connectivity index (χ1) is 11.0. The van der Waals surface area contributed by atoms with Crippen molar-refractivity contribution in [2.75, 3.05) is 5.32 Å². The van der Waals surface area contributed by atoms with E-state index >= 15 is 0 Å². The summed E-state index contributed by atoms with van der Waals surface area (Å²) < 4.78 is 5.14. The summed E-state index contributed by atoms with van der Waals surface area (Å²) >= 11 is 0. The van der Waals surface area contributed by atoms with Crippen LogP contribution in [0.3, 0.4) is 0 Å². The molecule has 0 fully saturated rings. The van der Waals surface area contributed by atoms with Crippen LogP contribution in [0.2, 0.25) is 0 Å². The Morgan fingerprint density at radius 2 is 2.17 bits per heavy atom. The molecule has 0 radical (unpaired) electrons. The molecule has 0 aliphatic rings. The molecule has 0 unspecified atom stereocenters. The van der Waals surface area contributed by atoms with Gasteiger partial charge in [-0.2, -0.15) is 4.98 Å². The molecule has 120 valence electrons. The standard InChI is InChI=1S/C17H20N4O2/c1-10(2)17-20-16(23-21-17)7-6-15(22)19-13-4-5-14-12(9-13)8-11(3)18-14/h4-5,8-10,18H,6-7H2,1-3H3,(H,19,22). The molecule has 0 aliphatic heterocycles. The summed E-state index contributed by atoms with van der Waals surface area (Å²) in [4.78, 5) is 19.6. The third kappa shape index (κ3) is 3.59. The van der Waals surface area contributed by atoms with Crippen LogP contribution in [0.15, 0.2) is 28.8 Å². The number of carbonyl (C=O) groups excluding carboxylic acids is 1. The number of carbonyl (C=O) groups is 1. The molecule has 0 bridgehead atoms. The molecule has 6 heteroatoms. The van der Waals surface area contributed by atoms with Gasteiger partial charge in [0.25, 0.3) is 0 Å². The Labute approximate surface area is 134 Å². The van der Waals surface area contributed by atoms with Crippen LogP contribution in [0.4, 0.5) is 5.69 Å². The number of rotatable bonds is 5. The highest BCUT2D eigenvalue weighted by Gasteiger charge is 2.11. The molecule has 0 spiro atoms. The number of amides is 1. The highest BCUT2D eigenvalue weighted by molar-refractivity contribution is 5.94. The number of benzene rings is 1. The smallest absolute Gasteiger partial charge is 0.227 e. The molecule has 3 rings (SSSR count).